The van der Waals surface area contributed by atoms with Crippen molar-refractivity contribution in [1.29, 1.82) is 5.26 Å². The summed E-state index contributed by atoms with van der Waals surface area (Å²) in [5.74, 6) is 0.678. The monoisotopic (exact) mass is 318 g/mol. The standard InChI is InChI=1S/C15H30N2O3S/c1-14(2)6-8-18-9-10-19-11-12-20-15(21-13-16)5-4-7-17-3/h14-15,17H,4-12H2,1-3H3. The van der Waals surface area contributed by atoms with Crippen LogP contribution in [0, 0.1) is 16.6 Å². The Hall–Kier alpha value is -0.320. The molecule has 1 atom stereocenters. The Labute approximate surface area is 133 Å². The van der Waals surface area contributed by atoms with Crippen LogP contribution in [0.5, 0.6) is 0 Å². The van der Waals surface area contributed by atoms with Gasteiger partial charge in [-0.25, -0.2) is 0 Å². The Morgan fingerprint density at radius 2 is 1.71 bits per heavy atom. The second-order valence-electron chi connectivity index (χ2n) is 5.16. The first kappa shape index (κ1) is 20.7. The Balaban J connectivity index is 3.39. The Bertz CT molecular complexity index is 260. The molecule has 0 aromatic heterocycles. The first-order chi connectivity index (χ1) is 10.2. The molecule has 0 heterocycles. The van der Waals surface area contributed by atoms with Gasteiger partial charge in [-0.1, -0.05) is 13.8 Å². The predicted molar refractivity (Wildman–Crippen MR) is 87.2 cm³/mol. The zero-order valence-corrected chi connectivity index (χ0v) is 14.4. The van der Waals surface area contributed by atoms with Crippen LogP contribution >= 0.6 is 11.8 Å². The normalized spacial score (nSPS) is 12.5. The van der Waals surface area contributed by atoms with Crippen molar-refractivity contribution in [2.75, 3.05) is 46.6 Å². The van der Waals surface area contributed by atoms with Crippen LogP contribution in [0.4, 0.5) is 0 Å². The van der Waals surface area contributed by atoms with Crippen LogP contribution in [0.15, 0.2) is 0 Å². The summed E-state index contributed by atoms with van der Waals surface area (Å²) in [6, 6.07) is 0. The highest BCUT2D eigenvalue weighted by atomic mass is 32.2. The maximum absolute atomic E-state index is 8.72. The molecule has 0 bridgehead atoms. The molecule has 0 saturated carbocycles. The molecule has 6 heteroatoms. The molecule has 124 valence electrons. The van der Waals surface area contributed by atoms with E-state index in [0.717, 1.165) is 32.4 Å². The minimum atomic E-state index is -0.0609. The number of rotatable bonds is 15. The summed E-state index contributed by atoms with van der Waals surface area (Å²) in [6.07, 6.45) is 2.96. The van der Waals surface area contributed by atoms with E-state index in [1.165, 1.54) is 11.8 Å². The number of nitrogens with one attached hydrogen (secondary N) is 1. The molecule has 0 fully saturated rings. The van der Waals surface area contributed by atoms with E-state index in [-0.39, 0.29) is 5.44 Å². The van der Waals surface area contributed by atoms with Gasteiger partial charge in [-0.3, -0.25) is 0 Å². The zero-order chi connectivity index (χ0) is 15.8. The lowest BCUT2D eigenvalue weighted by Gasteiger charge is -2.14. The average molecular weight is 318 g/mol. The van der Waals surface area contributed by atoms with Crippen LogP contribution in [0.2, 0.25) is 0 Å². The Morgan fingerprint density at radius 1 is 1.05 bits per heavy atom. The van der Waals surface area contributed by atoms with Gasteiger partial charge in [0.15, 0.2) is 0 Å². The maximum atomic E-state index is 8.72. The minimum Gasteiger partial charge on any atom is -0.379 e. The van der Waals surface area contributed by atoms with E-state index in [1.807, 2.05) is 7.05 Å². The van der Waals surface area contributed by atoms with Crippen LogP contribution in [-0.2, 0) is 14.2 Å². The van der Waals surface area contributed by atoms with Gasteiger partial charge in [-0.2, -0.15) is 5.26 Å². The molecule has 21 heavy (non-hydrogen) atoms. The molecule has 0 aromatic carbocycles. The van der Waals surface area contributed by atoms with Crippen molar-refractivity contribution in [2.24, 2.45) is 5.92 Å². The molecule has 0 aliphatic heterocycles. The van der Waals surface area contributed by atoms with Crippen molar-refractivity contribution in [3.8, 4) is 5.40 Å². The highest BCUT2D eigenvalue weighted by Gasteiger charge is 2.08. The van der Waals surface area contributed by atoms with E-state index < -0.39 is 0 Å². The third-order valence-corrected chi connectivity index (χ3v) is 3.53. The van der Waals surface area contributed by atoms with Crippen molar-refractivity contribution < 1.29 is 14.2 Å². The Kier molecular flexibility index (Phi) is 15.8. The molecule has 0 rings (SSSR count). The maximum Gasteiger partial charge on any atom is 0.136 e. The third kappa shape index (κ3) is 15.9. The first-order valence-electron chi connectivity index (χ1n) is 7.67. The predicted octanol–water partition coefficient (Wildman–Crippen LogP) is 2.62. The van der Waals surface area contributed by atoms with Gasteiger partial charge in [0.2, 0.25) is 0 Å². The second-order valence-corrected chi connectivity index (χ2v) is 6.11. The lowest BCUT2D eigenvalue weighted by Crippen LogP contribution is -2.16. The zero-order valence-electron chi connectivity index (χ0n) is 13.6. The number of nitrogens with zero attached hydrogens (tertiary/aromatic N) is 1. The molecular formula is C15H30N2O3S. The molecule has 5 nitrogen and oxygen atoms in total. The van der Waals surface area contributed by atoms with Gasteiger partial charge in [0.25, 0.3) is 0 Å². The van der Waals surface area contributed by atoms with Crippen molar-refractivity contribution in [1.82, 2.24) is 5.32 Å². The molecular weight excluding hydrogens is 288 g/mol. The molecule has 0 aliphatic carbocycles. The summed E-state index contributed by atoms with van der Waals surface area (Å²) >= 11 is 1.18. The number of ether oxygens (including phenoxy) is 3. The van der Waals surface area contributed by atoms with Gasteiger partial charge < -0.3 is 19.5 Å². The van der Waals surface area contributed by atoms with Gasteiger partial charge in [0, 0.05) is 6.61 Å². The molecule has 0 aliphatic rings. The fourth-order valence-corrected chi connectivity index (χ4v) is 2.13. The van der Waals surface area contributed by atoms with E-state index in [1.54, 1.807) is 0 Å². The lowest BCUT2D eigenvalue weighted by atomic mass is 10.1. The van der Waals surface area contributed by atoms with Crippen LogP contribution in [0.3, 0.4) is 0 Å². The van der Waals surface area contributed by atoms with Crippen molar-refractivity contribution >= 4 is 11.8 Å². The lowest BCUT2D eigenvalue weighted by molar-refractivity contribution is 0.00634. The molecule has 0 spiro atoms. The Morgan fingerprint density at radius 3 is 2.33 bits per heavy atom. The van der Waals surface area contributed by atoms with E-state index >= 15 is 0 Å². The van der Waals surface area contributed by atoms with E-state index in [9.17, 15) is 0 Å². The number of thiocyanates is 1. The van der Waals surface area contributed by atoms with Gasteiger partial charge in [-0.15, -0.1) is 0 Å². The van der Waals surface area contributed by atoms with Crippen LogP contribution in [0.25, 0.3) is 0 Å². The highest BCUT2D eigenvalue weighted by Crippen LogP contribution is 2.16. The molecule has 0 radical (unpaired) electrons. The highest BCUT2D eigenvalue weighted by molar-refractivity contribution is 8.04. The smallest absolute Gasteiger partial charge is 0.136 e. The SMILES string of the molecule is CNCCCC(OCCOCCOCCC(C)C)SC#N. The fourth-order valence-electron chi connectivity index (χ4n) is 1.56. The fraction of sp³-hybridized carbons (Fsp3) is 0.933. The van der Waals surface area contributed by atoms with Gasteiger partial charge in [0.1, 0.15) is 10.8 Å². The topological polar surface area (TPSA) is 63.5 Å². The third-order valence-electron chi connectivity index (χ3n) is 2.79. The van der Waals surface area contributed by atoms with Crippen LogP contribution in [-0.4, -0.2) is 52.1 Å². The molecule has 0 aromatic rings. The van der Waals surface area contributed by atoms with Crippen LogP contribution in [0.1, 0.15) is 33.1 Å². The summed E-state index contributed by atoms with van der Waals surface area (Å²) in [4.78, 5) is 0. The molecule has 0 amide bonds. The quantitative estimate of drug-likeness (QED) is 0.284. The summed E-state index contributed by atoms with van der Waals surface area (Å²) < 4.78 is 16.5. The van der Waals surface area contributed by atoms with Crippen molar-refractivity contribution in [2.45, 2.75) is 38.5 Å². The van der Waals surface area contributed by atoms with Crippen molar-refractivity contribution in [3.05, 3.63) is 0 Å². The van der Waals surface area contributed by atoms with Gasteiger partial charge in [0.05, 0.1) is 26.4 Å². The number of thioether (sulfide) groups is 1. The second kappa shape index (κ2) is 16.1. The van der Waals surface area contributed by atoms with Gasteiger partial charge in [-0.05, 0) is 50.5 Å². The summed E-state index contributed by atoms with van der Waals surface area (Å²) in [6.45, 7) is 8.39. The average Bonchev–Trinajstić information content (AvgIpc) is 2.45. The molecule has 1 unspecified atom stereocenters. The molecule has 0 saturated heterocycles. The summed E-state index contributed by atoms with van der Waals surface area (Å²) in [5, 5.41) is 13.9. The van der Waals surface area contributed by atoms with Crippen LogP contribution < -0.4 is 5.32 Å². The van der Waals surface area contributed by atoms with E-state index in [2.05, 4.69) is 24.6 Å². The van der Waals surface area contributed by atoms with Crippen molar-refractivity contribution in [3.63, 3.8) is 0 Å². The summed E-state index contributed by atoms with van der Waals surface area (Å²) in [7, 11) is 1.92. The van der Waals surface area contributed by atoms with E-state index in [4.69, 9.17) is 19.5 Å². The number of nitriles is 1. The first-order valence-corrected chi connectivity index (χ1v) is 8.55. The molecule has 1 N–H and O–H groups in total. The number of hydrogen-bond acceptors (Lipinski definition) is 6. The number of hydrogen-bond donors (Lipinski definition) is 1. The van der Waals surface area contributed by atoms with E-state index in [0.29, 0.717) is 32.3 Å². The minimum absolute atomic E-state index is 0.0609. The van der Waals surface area contributed by atoms with Gasteiger partial charge >= 0.3 is 0 Å². The largest absolute Gasteiger partial charge is 0.379 e. The summed E-state index contributed by atoms with van der Waals surface area (Å²) in [5.41, 5.74) is -0.0609.